The van der Waals surface area contributed by atoms with Gasteiger partial charge in [0, 0.05) is 16.5 Å². The molecule has 0 unspecified atom stereocenters. The van der Waals surface area contributed by atoms with Crippen molar-refractivity contribution in [1.82, 2.24) is 4.90 Å². The lowest BCUT2D eigenvalue weighted by Crippen LogP contribution is -2.42. The topological polar surface area (TPSA) is 63.7 Å². The summed E-state index contributed by atoms with van der Waals surface area (Å²) in [6.45, 7) is 1.89. The lowest BCUT2D eigenvalue weighted by Gasteiger charge is -2.26. The standard InChI is InChI=1S/C22H17NO4/c1-14-8-10-16(11-9-14)22(26)27-13-12-23-20(24)17-6-2-4-15-5-3-7-18(19(15)17)21(23)25/h2-11H,12-13H2,1H3. The first-order valence-corrected chi connectivity index (χ1v) is 8.68. The number of rotatable bonds is 4. The summed E-state index contributed by atoms with van der Waals surface area (Å²) in [5.41, 5.74) is 2.47. The van der Waals surface area contributed by atoms with Crippen LogP contribution < -0.4 is 0 Å². The van der Waals surface area contributed by atoms with Crippen molar-refractivity contribution >= 4 is 28.6 Å². The number of hydrogen-bond acceptors (Lipinski definition) is 4. The lowest BCUT2D eigenvalue weighted by molar-refractivity contribution is 0.0405. The van der Waals surface area contributed by atoms with E-state index in [1.807, 2.05) is 31.2 Å². The Bertz CT molecular complexity index is 1020. The summed E-state index contributed by atoms with van der Waals surface area (Å²) in [7, 11) is 0. The van der Waals surface area contributed by atoms with Crippen LogP contribution in [0.4, 0.5) is 0 Å². The number of nitrogens with zero attached hydrogens (tertiary/aromatic N) is 1. The first-order valence-electron chi connectivity index (χ1n) is 8.68. The van der Waals surface area contributed by atoms with Crippen LogP contribution >= 0.6 is 0 Å². The van der Waals surface area contributed by atoms with E-state index in [4.69, 9.17) is 4.74 Å². The monoisotopic (exact) mass is 359 g/mol. The molecular formula is C22H17NO4. The van der Waals surface area contributed by atoms with E-state index in [1.165, 1.54) is 0 Å². The van der Waals surface area contributed by atoms with Crippen LogP contribution in [-0.4, -0.2) is 35.8 Å². The number of hydrogen-bond donors (Lipinski definition) is 0. The number of benzene rings is 3. The number of carbonyl (C=O) groups is 3. The molecule has 3 aromatic carbocycles. The first kappa shape index (κ1) is 17.0. The number of ether oxygens (including phenoxy) is 1. The Labute approximate surface area is 156 Å². The summed E-state index contributed by atoms with van der Waals surface area (Å²) < 4.78 is 5.24. The molecule has 5 nitrogen and oxygen atoms in total. The molecule has 0 N–H and O–H groups in total. The third-order valence-electron chi connectivity index (χ3n) is 4.69. The fourth-order valence-corrected chi connectivity index (χ4v) is 3.29. The molecule has 1 heterocycles. The molecule has 0 fully saturated rings. The van der Waals surface area contributed by atoms with Gasteiger partial charge in [-0.2, -0.15) is 0 Å². The van der Waals surface area contributed by atoms with Gasteiger partial charge in [0.1, 0.15) is 6.61 Å². The van der Waals surface area contributed by atoms with Crippen molar-refractivity contribution in [2.45, 2.75) is 6.92 Å². The molecule has 4 rings (SSSR count). The highest BCUT2D eigenvalue weighted by Crippen LogP contribution is 2.29. The maximum Gasteiger partial charge on any atom is 0.338 e. The van der Waals surface area contributed by atoms with Crippen LogP contribution in [0.3, 0.4) is 0 Å². The van der Waals surface area contributed by atoms with E-state index in [0.717, 1.165) is 15.8 Å². The second-order valence-corrected chi connectivity index (χ2v) is 6.47. The molecular weight excluding hydrogens is 342 g/mol. The van der Waals surface area contributed by atoms with E-state index in [0.29, 0.717) is 22.1 Å². The molecule has 0 aromatic heterocycles. The number of esters is 1. The summed E-state index contributed by atoms with van der Waals surface area (Å²) in [5, 5.41) is 1.54. The number of carbonyl (C=O) groups excluding carboxylic acids is 3. The van der Waals surface area contributed by atoms with E-state index < -0.39 is 5.97 Å². The van der Waals surface area contributed by atoms with E-state index in [-0.39, 0.29) is 25.0 Å². The van der Waals surface area contributed by atoms with Crippen LogP contribution in [0, 0.1) is 6.92 Å². The second-order valence-electron chi connectivity index (χ2n) is 6.47. The van der Waals surface area contributed by atoms with Crippen LogP contribution in [-0.2, 0) is 4.74 Å². The van der Waals surface area contributed by atoms with Crippen molar-refractivity contribution in [3.05, 3.63) is 82.9 Å². The molecule has 5 heteroatoms. The lowest BCUT2D eigenvalue weighted by atomic mass is 9.94. The van der Waals surface area contributed by atoms with Crippen molar-refractivity contribution in [1.29, 1.82) is 0 Å². The molecule has 1 aliphatic heterocycles. The van der Waals surface area contributed by atoms with Gasteiger partial charge in [-0.15, -0.1) is 0 Å². The molecule has 3 aromatic rings. The largest absolute Gasteiger partial charge is 0.460 e. The van der Waals surface area contributed by atoms with Crippen molar-refractivity contribution in [2.75, 3.05) is 13.2 Å². The van der Waals surface area contributed by atoms with Gasteiger partial charge in [-0.3, -0.25) is 14.5 Å². The van der Waals surface area contributed by atoms with Crippen molar-refractivity contribution in [3.63, 3.8) is 0 Å². The van der Waals surface area contributed by atoms with Crippen LogP contribution in [0.15, 0.2) is 60.7 Å². The number of imide groups is 1. The Morgan fingerprint density at radius 2 is 1.48 bits per heavy atom. The summed E-state index contributed by atoms with van der Waals surface area (Å²) >= 11 is 0. The van der Waals surface area contributed by atoms with Gasteiger partial charge in [-0.25, -0.2) is 4.79 Å². The Morgan fingerprint density at radius 3 is 2.07 bits per heavy atom. The SMILES string of the molecule is Cc1ccc(C(=O)OCCN2C(=O)c3cccc4cccc(c34)C2=O)cc1. The fourth-order valence-electron chi connectivity index (χ4n) is 3.29. The maximum absolute atomic E-state index is 12.8. The molecule has 134 valence electrons. The quantitative estimate of drug-likeness (QED) is 0.527. The van der Waals surface area contributed by atoms with Gasteiger partial charge in [0.15, 0.2) is 0 Å². The van der Waals surface area contributed by atoms with Gasteiger partial charge in [0.05, 0.1) is 12.1 Å². The number of amides is 2. The van der Waals surface area contributed by atoms with Gasteiger partial charge < -0.3 is 4.74 Å². The zero-order valence-electron chi connectivity index (χ0n) is 14.8. The minimum absolute atomic E-state index is 0.0139. The van der Waals surface area contributed by atoms with Crippen LogP contribution in [0.1, 0.15) is 36.6 Å². The predicted octanol–water partition coefficient (Wildman–Crippen LogP) is 3.60. The van der Waals surface area contributed by atoms with E-state index in [9.17, 15) is 14.4 Å². The molecule has 0 saturated carbocycles. The summed E-state index contributed by atoms with van der Waals surface area (Å²) in [6.07, 6.45) is 0. The fraction of sp³-hybridized carbons (Fsp3) is 0.136. The molecule has 0 atom stereocenters. The van der Waals surface area contributed by atoms with E-state index >= 15 is 0 Å². The predicted molar refractivity (Wildman–Crippen MR) is 101 cm³/mol. The van der Waals surface area contributed by atoms with Crippen molar-refractivity contribution in [2.24, 2.45) is 0 Å². The average molecular weight is 359 g/mol. The molecule has 0 spiro atoms. The molecule has 0 bridgehead atoms. The Kier molecular flexibility index (Phi) is 4.20. The second kappa shape index (κ2) is 6.68. The average Bonchev–Trinajstić information content (AvgIpc) is 2.69. The summed E-state index contributed by atoms with van der Waals surface area (Å²) in [5.74, 6) is -1.21. The molecule has 0 aliphatic carbocycles. The first-order chi connectivity index (χ1) is 13.1. The highest BCUT2D eigenvalue weighted by Gasteiger charge is 2.32. The molecule has 2 amide bonds. The van der Waals surface area contributed by atoms with E-state index in [2.05, 4.69) is 0 Å². The molecule has 27 heavy (non-hydrogen) atoms. The highest BCUT2D eigenvalue weighted by molar-refractivity contribution is 6.25. The van der Waals surface area contributed by atoms with Gasteiger partial charge in [-0.1, -0.05) is 42.0 Å². The Balaban J connectivity index is 1.50. The van der Waals surface area contributed by atoms with Gasteiger partial charge in [0.25, 0.3) is 11.8 Å². The summed E-state index contributed by atoms with van der Waals surface area (Å²) in [6, 6.07) is 17.8. The molecule has 0 saturated heterocycles. The van der Waals surface area contributed by atoms with Crippen LogP contribution in [0.2, 0.25) is 0 Å². The van der Waals surface area contributed by atoms with Crippen molar-refractivity contribution in [3.8, 4) is 0 Å². The zero-order chi connectivity index (χ0) is 19.0. The summed E-state index contributed by atoms with van der Waals surface area (Å²) in [4.78, 5) is 38.8. The smallest absolute Gasteiger partial charge is 0.338 e. The van der Waals surface area contributed by atoms with Crippen LogP contribution in [0.5, 0.6) is 0 Å². The number of aryl methyl sites for hydroxylation is 1. The normalized spacial score (nSPS) is 13.1. The molecule has 1 aliphatic rings. The Hall–Kier alpha value is -3.47. The van der Waals surface area contributed by atoms with Gasteiger partial charge >= 0.3 is 5.97 Å². The maximum atomic E-state index is 12.8. The third kappa shape index (κ3) is 2.97. The molecule has 0 radical (unpaired) electrons. The van der Waals surface area contributed by atoms with Gasteiger partial charge in [0.2, 0.25) is 0 Å². The van der Waals surface area contributed by atoms with Gasteiger partial charge in [-0.05, 0) is 36.6 Å². The van der Waals surface area contributed by atoms with Crippen molar-refractivity contribution < 1.29 is 19.1 Å². The minimum atomic E-state index is -0.477. The highest BCUT2D eigenvalue weighted by atomic mass is 16.5. The third-order valence-corrected chi connectivity index (χ3v) is 4.69. The zero-order valence-corrected chi connectivity index (χ0v) is 14.8. The van der Waals surface area contributed by atoms with E-state index in [1.54, 1.807) is 36.4 Å². The minimum Gasteiger partial charge on any atom is -0.460 e. The van der Waals surface area contributed by atoms with Crippen LogP contribution in [0.25, 0.3) is 10.8 Å². The Morgan fingerprint density at radius 1 is 0.889 bits per heavy atom.